The second kappa shape index (κ2) is 5.87. The van der Waals surface area contributed by atoms with Gasteiger partial charge in [0.15, 0.2) is 0 Å². The van der Waals surface area contributed by atoms with E-state index in [2.05, 4.69) is 0 Å². The molecule has 0 aliphatic carbocycles. The summed E-state index contributed by atoms with van der Waals surface area (Å²) in [4.78, 5) is 13.8. The molecule has 0 aliphatic heterocycles. The van der Waals surface area contributed by atoms with Crippen molar-refractivity contribution in [1.29, 1.82) is 0 Å². The molecule has 0 bridgehead atoms. The van der Waals surface area contributed by atoms with E-state index in [9.17, 15) is 9.18 Å². The summed E-state index contributed by atoms with van der Waals surface area (Å²) in [5.41, 5.74) is 2.79. The van der Waals surface area contributed by atoms with Gasteiger partial charge in [0.2, 0.25) is 0 Å². The summed E-state index contributed by atoms with van der Waals surface area (Å²) < 4.78 is 14.0. The van der Waals surface area contributed by atoms with Crippen LogP contribution in [-0.4, -0.2) is 17.9 Å². The van der Waals surface area contributed by atoms with Gasteiger partial charge in [-0.2, -0.15) is 0 Å². The summed E-state index contributed by atoms with van der Waals surface area (Å²) in [7, 11) is 1.69. The predicted molar refractivity (Wildman–Crippen MR) is 78.1 cm³/mol. The van der Waals surface area contributed by atoms with Gasteiger partial charge in [-0.15, -0.1) is 0 Å². The van der Waals surface area contributed by atoms with Crippen LogP contribution in [-0.2, 0) is 6.54 Å². The molecule has 0 atom stereocenters. The standard InChI is InChI=1S/C17H18FNO/c1-12-6-4-8-14(10-12)11-19(3)17(20)15-9-5-7-13(2)16(15)18/h4-10H,11H2,1-3H3. The Balaban J connectivity index is 2.19. The minimum Gasteiger partial charge on any atom is -0.337 e. The van der Waals surface area contributed by atoms with Crippen molar-refractivity contribution >= 4 is 5.91 Å². The first kappa shape index (κ1) is 14.3. The van der Waals surface area contributed by atoms with Crippen LogP contribution in [0.2, 0.25) is 0 Å². The average molecular weight is 271 g/mol. The van der Waals surface area contributed by atoms with Gasteiger partial charge < -0.3 is 4.90 Å². The lowest BCUT2D eigenvalue weighted by molar-refractivity contribution is 0.0780. The van der Waals surface area contributed by atoms with Crippen LogP contribution in [0, 0.1) is 19.7 Å². The predicted octanol–water partition coefficient (Wildman–Crippen LogP) is 3.71. The van der Waals surface area contributed by atoms with Crippen molar-refractivity contribution in [2.75, 3.05) is 7.05 Å². The van der Waals surface area contributed by atoms with Crippen LogP contribution in [0.3, 0.4) is 0 Å². The maximum Gasteiger partial charge on any atom is 0.256 e. The quantitative estimate of drug-likeness (QED) is 0.833. The van der Waals surface area contributed by atoms with E-state index in [-0.39, 0.29) is 11.5 Å². The van der Waals surface area contributed by atoms with Crippen LogP contribution in [0.4, 0.5) is 4.39 Å². The fraction of sp³-hybridized carbons (Fsp3) is 0.235. The third-order valence-corrected chi connectivity index (χ3v) is 3.27. The van der Waals surface area contributed by atoms with E-state index in [4.69, 9.17) is 0 Å². The number of hydrogen-bond acceptors (Lipinski definition) is 1. The molecular formula is C17H18FNO. The fourth-order valence-electron chi connectivity index (χ4n) is 2.17. The Morgan fingerprint density at radius 2 is 1.85 bits per heavy atom. The van der Waals surface area contributed by atoms with E-state index in [1.807, 2.05) is 31.2 Å². The highest BCUT2D eigenvalue weighted by atomic mass is 19.1. The second-order valence-electron chi connectivity index (χ2n) is 5.09. The van der Waals surface area contributed by atoms with Crippen molar-refractivity contribution in [3.8, 4) is 0 Å². The molecule has 2 aromatic rings. The maximum absolute atomic E-state index is 14.0. The molecule has 1 amide bonds. The lowest BCUT2D eigenvalue weighted by Gasteiger charge is -2.18. The van der Waals surface area contributed by atoms with Crippen LogP contribution >= 0.6 is 0 Å². The van der Waals surface area contributed by atoms with Crippen LogP contribution in [0.1, 0.15) is 27.0 Å². The van der Waals surface area contributed by atoms with Gasteiger partial charge in [-0.1, -0.05) is 42.0 Å². The van der Waals surface area contributed by atoms with Crippen LogP contribution < -0.4 is 0 Å². The van der Waals surface area contributed by atoms with Crippen LogP contribution in [0.25, 0.3) is 0 Å². The Kier molecular flexibility index (Phi) is 4.18. The lowest BCUT2D eigenvalue weighted by Crippen LogP contribution is -2.27. The molecule has 2 nitrogen and oxygen atoms in total. The molecule has 0 aliphatic rings. The van der Waals surface area contributed by atoms with Gasteiger partial charge in [-0.05, 0) is 31.0 Å². The van der Waals surface area contributed by atoms with Crippen molar-refractivity contribution in [3.63, 3.8) is 0 Å². The smallest absolute Gasteiger partial charge is 0.256 e. The number of amides is 1. The minimum absolute atomic E-state index is 0.125. The summed E-state index contributed by atoms with van der Waals surface area (Å²) in [5.74, 6) is -0.735. The first-order valence-corrected chi connectivity index (χ1v) is 6.55. The number of carbonyl (C=O) groups excluding carboxylic acids is 1. The molecule has 0 fully saturated rings. The first-order valence-electron chi connectivity index (χ1n) is 6.55. The van der Waals surface area contributed by atoms with Gasteiger partial charge in [0, 0.05) is 13.6 Å². The molecule has 2 aromatic carbocycles. The Hall–Kier alpha value is -2.16. The first-order chi connectivity index (χ1) is 9.49. The SMILES string of the molecule is Cc1cccc(CN(C)C(=O)c2cccc(C)c2F)c1. The Morgan fingerprint density at radius 1 is 1.15 bits per heavy atom. The molecule has 2 rings (SSSR count). The van der Waals surface area contributed by atoms with E-state index in [0.717, 1.165) is 11.1 Å². The number of benzene rings is 2. The topological polar surface area (TPSA) is 20.3 Å². The highest BCUT2D eigenvalue weighted by molar-refractivity contribution is 5.94. The minimum atomic E-state index is -0.436. The number of hydrogen-bond donors (Lipinski definition) is 0. The van der Waals surface area contributed by atoms with E-state index in [0.29, 0.717) is 12.1 Å². The zero-order valence-corrected chi connectivity index (χ0v) is 12.0. The van der Waals surface area contributed by atoms with Crippen molar-refractivity contribution < 1.29 is 9.18 Å². The van der Waals surface area contributed by atoms with Crippen LogP contribution in [0.5, 0.6) is 0 Å². The number of halogens is 1. The fourth-order valence-corrected chi connectivity index (χ4v) is 2.17. The molecule has 20 heavy (non-hydrogen) atoms. The lowest BCUT2D eigenvalue weighted by atomic mass is 10.1. The maximum atomic E-state index is 14.0. The molecular weight excluding hydrogens is 253 g/mol. The molecule has 0 saturated carbocycles. The summed E-state index contributed by atoms with van der Waals surface area (Å²) in [6.07, 6.45) is 0. The third kappa shape index (κ3) is 3.05. The van der Waals surface area contributed by atoms with Gasteiger partial charge in [0.1, 0.15) is 5.82 Å². The molecule has 3 heteroatoms. The number of rotatable bonds is 3. The van der Waals surface area contributed by atoms with Crippen molar-refractivity contribution in [3.05, 3.63) is 70.5 Å². The van der Waals surface area contributed by atoms with Crippen molar-refractivity contribution in [2.24, 2.45) is 0 Å². The zero-order chi connectivity index (χ0) is 14.7. The highest BCUT2D eigenvalue weighted by Crippen LogP contribution is 2.15. The molecule has 104 valence electrons. The Labute approximate surface area is 118 Å². The van der Waals surface area contributed by atoms with Crippen molar-refractivity contribution in [1.82, 2.24) is 4.90 Å². The average Bonchev–Trinajstić information content (AvgIpc) is 2.41. The monoisotopic (exact) mass is 271 g/mol. The van der Waals surface area contributed by atoms with Crippen LogP contribution in [0.15, 0.2) is 42.5 Å². The largest absolute Gasteiger partial charge is 0.337 e. The summed E-state index contributed by atoms with van der Waals surface area (Å²) in [6.45, 7) is 4.13. The highest BCUT2D eigenvalue weighted by Gasteiger charge is 2.17. The number of carbonyl (C=O) groups is 1. The molecule has 0 aromatic heterocycles. The summed E-state index contributed by atoms with van der Waals surface area (Å²) in [5, 5.41) is 0. The molecule has 0 radical (unpaired) electrons. The van der Waals surface area contributed by atoms with Gasteiger partial charge in [-0.3, -0.25) is 4.79 Å². The molecule has 0 unspecified atom stereocenters. The van der Waals surface area contributed by atoms with E-state index in [1.54, 1.807) is 26.1 Å². The van der Waals surface area contributed by atoms with E-state index < -0.39 is 5.82 Å². The zero-order valence-electron chi connectivity index (χ0n) is 12.0. The van der Waals surface area contributed by atoms with Gasteiger partial charge in [0.25, 0.3) is 5.91 Å². The number of nitrogens with zero attached hydrogens (tertiary/aromatic N) is 1. The molecule has 0 N–H and O–H groups in total. The molecule has 0 heterocycles. The van der Waals surface area contributed by atoms with Gasteiger partial charge >= 0.3 is 0 Å². The second-order valence-corrected chi connectivity index (χ2v) is 5.09. The molecule has 0 spiro atoms. The normalized spacial score (nSPS) is 10.4. The van der Waals surface area contributed by atoms with Gasteiger partial charge in [0.05, 0.1) is 5.56 Å². The Bertz CT molecular complexity index is 637. The van der Waals surface area contributed by atoms with Gasteiger partial charge in [-0.25, -0.2) is 4.39 Å². The van der Waals surface area contributed by atoms with E-state index >= 15 is 0 Å². The summed E-state index contributed by atoms with van der Waals surface area (Å²) in [6, 6.07) is 12.8. The number of aryl methyl sites for hydroxylation is 2. The van der Waals surface area contributed by atoms with E-state index in [1.165, 1.54) is 11.0 Å². The van der Waals surface area contributed by atoms with Crippen molar-refractivity contribution in [2.45, 2.75) is 20.4 Å². The molecule has 0 saturated heterocycles. The third-order valence-electron chi connectivity index (χ3n) is 3.27. The Morgan fingerprint density at radius 3 is 2.55 bits per heavy atom. The summed E-state index contributed by atoms with van der Waals surface area (Å²) >= 11 is 0.